The molecule has 1 heterocycles. The van der Waals surface area contributed by atoms with Crippen LogP contribution in [0.3, 0.4) is 0 Å². The Morgan fingerprint density at radius 1 is 1.43 bits per heavy atom. The summed E-state index contributed by atoms with van der Waals surface area (Å²) in [5.74, 6) is 0.848. The van der Waals surface area contributed by atoms with Crippen molar-refractivity contribution in [1.29, 1.82) is 0 Å². The van der Waals surface area contributed by atoms with Crippen LogP contribution in [0.15, 0.2) is 36.7 Å². The minimum absolute atomic E-state index is 0.0185. The highest BCUT2D eigenvalue weighted by molar-refractivity contribution is 5.75. The molecule has 1 aromatic heterocycles. The zero-order valence-corrected chi connectivity index (χ0v) is 12.5. The third-order valence-electron chi connectivity index (χ3n) is 3.03. The molecule has 0 saturated heterocycles. The Hall–Kier alpha value is -2.30. The number of benzene rings is 1. The van der Waals surface area contributed by atoms with E-state index in [2.05, 4.69) is 10.4 Å². The summed E-state index contributed by atoms with van der Waals surface area (Å²) in [7, 11) is 0. The Kier molecular flexibility index (Phi) is 5.37. The topological polar surface area (TPSA) is 56.1 Å². The Bertz CT molecular complexity index is 593. The first-order chi connectivity index (χ1) is 10.2. The SMILES string of the molecule is CCOc1cccc(CNC(=O)CCn2cc(C)cn2)c1. The number of hydrogen-bond donors (Lipinski definition) is 1. The molecule has 0 aliphatic rings. The number of aryl methyl sites for hydroxylation is 2. The number of carbonyl (C=O) groups excluding carboxylic acids is 1. The summed E-state index contributed by atoms with van der Waals surface area (Å²) >= 11 is 0. The van der Waals surface area contributed by atoms with Gasteiger partial charge in [-0.2, -0.15) is 5.10 Å². The van der Waals surface area contributed by atoms with E-state index in [1.54, 1.807) is 10.9 Å². The summed E-state index contributed by atoms with van der Waals surface area (Å²) in [4.78, 5) is 11.8. The average Bonchev–Trinajstić information content (AvgIpc) is 2.89. The molecule has 1 amide bonds. The van der Waals surface area contributed by atoms with Crippen molar-refractivity contribution in [1.82, 2.24) is 15.1 Å². The number of nitrogens with zero attached hydrogens (tertiary/aromatic N) is 2. The van der Waals surface area contributed by atoms with E-state index in [1.165, 1.54) is 0 Å². The predicted octanol–water partition coefficient (Wildman–Crippen LogP) is 2.30. The molecule has 0 aliphatic heterocycles. The van der Waals surface area contributed by atoms with Crippen molar-refractivity contribution >= 4 is 5.91 Å². The third-order valence-corrected chi connectivity index (χ3v) is 3.03. The van der Waals surface area contributed by atoms with Gasteiger partial charge in [0.15, 0.2) is 0 Å². The van der Waals surface area contributed by atoms with Crippen LogP contribution in [0.5, 0.6) is 5.75 Å². The van der Waals surface area contributed by atoms with Gasteiger partial charge in [0.2, 0.25) is 5.91 Å². The molecule has 5 heteroatoms. The molecule has 112 valence electrons. The van der Waals surface area contributed by atoms with Crippen LogP contribution < -0.4 is 10.1 Å². The molecule has 1 N–H and O–H groups in total. The number of hydrogen-bond acceptors (Lipinski definition) is 3. The highest BCUT2D eigenvalue weighted by Crippen LogP contribution is 2.13. The van der Waals surface area contributed by atoms with Gasteiger partial charge in [0.1, 0.15) is 5.75 Å². The van der Waals surface area contributed by atoms with E-state index in [0.717, 1.165) is 16.9 Å². The molecule has 0 spiro atoms. The Labute approximate surface area is 124 Å². The predicted molar refractivity (Wildman–Crippen MR) is 81.0 cm³/mol. The van der Waals surface area contributed by atoms with E-state index in [-0.39, 0.29) is 5.91 Å². The lowest BCUT2D eigenvalue weighted by Crippen LogP contribution is -2.24. The van der Waals surface area contributed by atoms with Crippen molar-refractivity contribution in [2.45, 2.75) is 33.4 Å². The second kappa shape index (κ2) is 7.47. The molecule has 0 aliphatic carbocycles. The summed E-state index contributed by atoms with van der Waals surface area (Å²) in [6, 6.07) is 7.76. The maximum Gasteiger partial charge on any atom is 0.222 e. The lowest BCUT2D eigenvalue weighted by molar-refractivity contribution is -0.121. The van der Waals surface area contributed by atoms with Gasteiger partial charge >= 0.3 is 0 Å². The van der Waals surface area contributed by atoms with Gasteiger partial charge in [-0.3, -0.25) is 9.48 Å². The van der Waals surface area contributed by atoms with Gasteiger partial charge in [-0.15, -0.1) is 0 Å². The first-order valence-electron chi connectivity index (χ1n) is 7.15. The monoisotopic (exact) mass is 287 g/mol. The fourth-order valence-electron chi connectivity index (χ4n) is 2.01. The van der Waals surface area contributed by atoms with Gasteiger partial charge in [-0.1, -0.05) is 12.1 Å². The van der Waals surface area contributed by atoms with E-state index >= 15 is 0 Å². The lowest BCUT2D eigenvalue weighted by Gasteiger charge is -2.08. The smallest absolute Gasteiger partial charge is 0.222 e. The van der Waals surface area contributed by atoms with Crippen molar-refractivity contribution in [2.75, 3.05) is 6.61 Å². The summed E-state index contributed by atoms with van der Waals surface area (Å²) in [6.07, 6.45) is 4.14. The molecule has 0 saturated carbocycles. The van der Waals surface area contributed by atoms with Crippen LogP contribution in [0, 0.1) is 6.92 Å². The molecule has 0 bridgehead atoms. The van der Waals surface area contributed by atoms with E-state index in [9.17, 15) is 4.79 Å². The fourth-order valence-corrected chi connectivity index (χ4v) is 2.01. The van der Waals surface area contributed by atoms with Gasteiger partial charge in [0.25, 0.3) is 0 Å². The van der Waals surface area contributed by atoms with Crippen LogP contribution in [0.2, 0.25) is 0 Å². The number of ether oxygens (including phenoxy) is 1. The number of amides is 1. The van der Waals surface area contributed by atoms with Gasteiger partial charge in [-0.25, -0.2) is 0 Å². The van der Waals surface area contributed by atoms with Crippen molar-refractivity contribution in [3.63, 3.8) is 0 Å². The van der Waals surface area contributed by atoms with E-state index in [1.807, 2.05) is 44.3 Å². The molecule has 0 atom stereocenters. The Morgan fingerprint density at radius 3 is 3.00 bits per heavy atom. The third kappa shape index (κ3) is 4.95. The summed E-state index contributed by atoms with van der Waals surface area (Å²) < 4.78 is 7.22. The largest absolute Gasteiger partial charge is 0.494 e. The molecule has 2 rings (SSSR count). The normalized spacial score (nSPS) is 10.4. The molecule has 21 heavy (non-hydrogen) atoms. The van der Waals surface area contributed by atoms with Crippen LogP contribution in [0.4, 0.5) is 0 Å². The van der Waals surface area contributed by atoms with Crippen LogP contribution >= 0.6 is 0 Å². The van der Waals surface area contributed by atoms with Crippen LogP contribution in [-0.4, -0.2) is 22.3 Å². The maximum atomic E-state index is 11.8. The van der Waals surface area contributed by atoms with E-state index in [4.69, 9.17) is 4.74 Å². The standard InChI is InChI=1S/C16H21N3O2/c1-3-21-15-6-4-5-14(9-15)11-17-16(20)7-8-19-12-13(2)10-18-19/h4-6,9-10,12H,3,7-8,11H2,1-2H3,(H,17,20). The van der Waals surface area contributed by atoms with E-state index in [0.29, 0.717) is 26.1 Å². The first-order valence-corrected chi connectivity index (χ1v) is 7.15. The first kappa shape index (κ1) is 15.1. The van der Waals surface area contributed by atoms with Crippen LogP contribution in [0.25, 0.3) is 0 Å². The Balaban J connectivity index is 1.77. The second-order valence-electron chi connectivity index (χ2n) is 4.89. The van der Waals surface area contributed by atoms with Gasteiger partial charge < -0.3 is 10.1 Å². The maximum absolute atomic E-state index is 11.8. The molecular formula is C16H21N3O2. The van der Waals surface area contributed by atoms with Crippen molar-refractivity contribution in [3.8, 4) is 5.75 Å². The zero-order valence-electron chi connectivity index (χ0n) is 12.5. The summed E-state index contributed by atoms with van der Waals surface area (Å²) in [5.41, 5.74) is 2.13. The Morgan fingerprint density at radius 2 is 2.29 bits per heavy atom. The number of rotatable bonds is 7. The van der Waals surface area contributed by atoms with Crippen molar-refractivity contribution < 1.29 is 9.53 Å². The zero-order chi connectivity index (χ0) is 15.1. The van der Waals surface area contributed by atoms with Gasteiger partial charge in [-0.05, 0) is 37.1 Å². The quantitative estimate of drug-likeness (QED) is 0.850. The number of aromatic nitrogens is 2. The molecule has 0 unspecified atom stereocenters. The summed E-state index contributed by atoms with van der Waals surface area (Å²) in [6.45, 7) is 5.68. The van der Waals surface area contributed by atoms with Gasteiger partial charge in [0, 0.05) is 25.7 Å². The van der Waals surface area contributed by atoms with Crippen molar-refractivity contribution in [2.24, 2.45) is 0 Å². The molecule has 1 aromatic carbocycles. The molecule has 2 aromatic rings. The molecule has 5 nitrogen and oxygen atoms in total. The highest BCUT2D eigenvalue weighted by atomic mass is 16.5. The van der Waals surface area contributed by atoms with E-state index < -0.39 is 0 Å². The minimum atomic E-state index is 0.0185. The lowest BCUT2D eigenvalue weighted by atomic mass is 10.2. The highest BCUT2D eigenvalue weighted by Gasteiger charge is 2.03. The number of nitrogens with one attached hydrogen (secondary N) is 1. The molecule has 0 radical (unpaired) electrons. The van der Waals surface area contributed by atoms with Crippen LogP contribution in [0.1, 0.15) is 24.5 Å². The molecular weight excluding hydrogens is 266 g/mol. The summed E-state index contributed by atoms with van der Waals surface area (Å²) in [5, 5.41) is 7.07. The fraction of sp³-hybridized carbons (Fsp3) is 0.375. The van der Waals surface area contributed by atoms with Gasteiger partial charge in [0.05, 0.1) is 12.8 Å². The minimum Gasteiger partial charge on any atom is -0.494 e. The van der Waals surface area contributed by atoms with Crippen molar-refractivity contribution in [3.05, 3.63) is 47.8 Å². The molecule has 0 fully saturated rings. The second-order valence-corrected chi connectivity index (χ2v) is 4.89. The van der Waals surface area contributed by atoms with Crippen LogP contribution in [-0.2, 0) is 17.9 Å². The average molecular weight is 287 g/mol. The number of carbonyl (C=O) groups is 1.